The van der Waals surface area contributed by atoms with Gasteiger partial charge in [-0.1, -0.05) is 26.2 Å². The molecule has 0 fully saturated rings. The van der Waals surface area contributed by atoms with Crippen LogP contribution in [0.3, 0.4) is 0 Å². The first-order chi connectivity index (χ1) is 7.55. The van der Waals surface area contributed by atoms with Crippen molar-refractivity contribution in [1.82, 2.24) is 4.98 Å². The van der Waals surface area contributed by atoms with Crippen molar-refractivity contribution >= 4 is 5.69 Å². The lowest BCUT2D eigenvalue weighted by atomic mass is 9.91. The van der Waals surface area contributed by atoms with Crippen LogP contribution in [-0.4, -0.2) is 15.7 Å². The number of hydrogen-bond acceptors (Lipinski definition) is 3. The van der Waals surface area contributed by atoms with Crippen molar-refractivity contribution in [3.8, 4) is 0 Å². The zero-order chi connectivity index (χ0) is 12.0. The third kappa shape index (κ3) is 4.19. The minimum atomic E-state index is -0.674. The molecule has 0 amide bonds. The Bertz CT molecular complexity index is 323. The van der Waals surface area contributed by atoms with Crippen LogP contribution in [-0.2, 0) is 6.42 Å². The number of aromatic nitrogens is 1. The van der Waals surface area contributed by atoms with E-state index in [0.717, 1.165) is 18.4 Å². The molecule has 0 bridgehead atoms. The van der Waals surface area contributed by atoms with Gasteiger partial charge in [-0.15, -0.1) is 0 Å². The average Bonchev–Trinajstić information content (AvgIpc) is 2.21. The first kappa shape index (κ1) is 13.0. The highest BCUT2D eigenvalue weighted by molar-refractivity contribution is 5.44. The second-order valence-electron chi connectivity index (χ2n) is 4.71. The van der Waals surface area contributed by atoms with Gasteiger partial charge < -0.3 is 10.8 Å². The van der Waals surface area contributed by atoms with E-state index in [2.05, 4.69) is 11.9 Å². The fourth-order valence-electron chi connectivity index (χ4n) is 1.84. The summed E-state index contributed by atoms with van der Waals surface area (Å²) < 4.78 is 0. The topological polar surface area (TPSA) is 59.1 Å². The predicted molar refractivity (Wildman–Crippen MR) is 67.1 cm³/mol. The lowest BCUT2D eigenvalue weighted by Crippen LogP contribution is -2.27. The standard InChI is InChI=1S/C13H22N2O/c1-3-4-5-7-13(2,16)9-11-10-15-8-6-12(11)14/h6,8,10,16H,3-5,7,9H2,1-2H3,(H2,14,15). The van der Waals surface area contributed by atoms with Crippen LogP contribution in [0.1, 0.15) is 45.1 Å². The average molecular weight is 222 g/mol. The molecule has 1 aromatic heterocycles. The molecule has 1 atom stereocenters. The quantitative estimate of drug-likeness (QED) is 0.727. The summed E-state index contributed by atoms with van der Waals surface area (Å²) in [5, 5.41) is 10.2. The van der Waals surface area contributed by atoms with Crippen LogP contribution in [0.15, 0.2) is 18.5 Å². The third-order valence-electron chi connectivity index (χ3n) is 2.83. The monoisotopic (exact) mass is 222 g/mol. The molecular formula is C13H22N2O. The molecule has 0 spiro atoms. The molecule has 1 unspecified atom stereocenters. The summed E-state index contributed by atoms with van der Waals surface area (Å²) in [7, 11) is 0. The van der Waals surface area contributed by atoms with Crippen LogP contribution in [0.2, 0.25) is 0 Å². The number of nitrogens with zero attached hydrogens (tertiary/aromatic N) is 1. The van der Waals surface area contributed by atoms with Gasteiger partial charge in [-0.25, -0.2) is 0 Å². The maximum atomic E-state index is 10.2. The number of unbranched alkanes of at least 4 members (excludes halogenated alkanes) is 2. The van der Waals surface area contributed by atoms with Gasteiger partial charge >= 0.3 is 0 Å². The summed E-state index contributed by atoms with van der Waals surface area (Å²) in [5.74, 6) is 0. The van der Waals surface area contributed by atoms with E-state index in [4.69, 9.17) is 5.73 Å². The Kier molecular flexibility index (Phi) is 4.74. The molecule has 90 valence electrons. The fraction of sp³-hybridized carbons (Fsp3) is 0.615. The van der Waals surface area contributed by atoms with E-state index in [1.807, 2.05) is 6.92 Å². The van der Waals surface area contributed by atoms with E-state index in [0.29, 0.717) is 12.1 Å². The molecule has 0 aromatic carbocycles. The van der Waals surface area contributed by atoms with E-state index in [1.54, 1.807) is 18.5 Å². The first-order valence-corrected chi connectivity index (χ1v) is 5.96. The largest absolute Gasteiger partial charge is 0.398 e. The SMILES string of the molecule is CCCCCC(C)(O)Cc1cnccc1N. The summed E-state index contributed by atoms with van der Waals surface area (Å²) >= 11 is 0. The van der Waals surface area contributed by atoms with Crippen LogP contribution >= 0.6 is 0 Å². The summed E-state index contributed by atoms with van der Waals surface area (Å²) in [5.41, 5.74) is 6.81. The molecule has 1 heterocycles. The number of pyridine rings is 1. The van der Waals surface area contributed by atoms with Crippen molar-refractivity contribution in [2.45, 2.75) is 51.6 Å². The summed E-state index contributed by atoms with van der Waals surface area (Å²) in [6.45, 7) is 4.03. The second kappa shape index (κ2) is 5.85. The molecule has 0 saturated carbocycles. The zero-order valence-electron chi connectivity index (χ0n) is 10.2. The predicted octanol–water partition coefficient (Wildman–Crippen LogP) is 2.54. The number of aliphatic hydroxyl groups is 1. The van der Waals surface area contributed by atoms with Crippen molar-refractivity contribution in [1.29, 1.82) is 0 Å². The third-order valence-corrected chi connectivity index (χ3v) is 2.83. The Morgan fingerprint density at radius 2 is 2.19 bits per heavy atom. The van der Waals surface area contributed by atoms with Gasteiger partial charge in [0, 0.05) is 24.5 Å². The number of hydrogen-bond donors (Lipinski definition) is 2. The first-order valence-electron chi connectivity index (χ1n) is 5.96. The second-order valence-corrected chi connectivity index (χ2v) is 4.71. The van der Waals surface area contributed by atoms with Gasteiger partial charge in [0.1, 0.15) is 0 Å². The number of nitrogen functional groups attached to an aromatic ring is 1. The van der Waals surface area contributed by atoms with Crippen LogP contribution in [0.4, 0.5) is 5.69 Å². The van der Waals surface area contributed by atoms with Crippen molar-refractivity contribution < 1.29 is 5.11 Å². The molecule has 3 nitrogen and oxygen atoms in total. The van der Waals surface area contributed by atoms with E-state index in [9.17, 15) is 5.11 Å². The lowest BCUT2D eigenvalue weighted by Gasteiger charge is -2.23. The fourth-order valence-corrected chi connectivity index (χ4v) is 1.84. The van der Waals surface area contributed by atoms with Gasteiger partial charge in [-0.05, 0) is 25.0 Å². The highest BCUT2D eigenvalue weighted by Gasteiger charge is 2.21. The van der Waals surface area contributed by atoms with Crippen LogP contribution < -0.4 is 5.73 Å². The molecule has 0 aliphatic rings. The zero-order valence-corrected chi connectivity index (χ0v) is 10.2. The molecular weight excluding hydrogens is 200 g/mol. The van der Waals surface area contributed by atoms with Crippen LogP contribution in [0.5, 0.6) is 0 Å². The molecule has 0 aliphatic heterocycles. The molecule has 3 N–H and O–H groups in total. The normalized spacial score (nSPS) is 14.7. The maximum Gasteiger partial charge on any atom is 0.0661 e. The molecule has 1 aromatic rings. The molecule has 16 heavy (non-hydrogen) atoms. The van der Waals surface area contributed by atoms with Gasteiger partial charge in [0.2, 0.25) is 0 Å². The van der Waals surface area contributed by atoms with Crippen molar-refractivity contribution in [3.05, 3.63) is 24.0 Å². The molecule has 0 saturated heterocycles. The van der Waals surface area contributed by atoms with Gasteiger partial charge in [0.25, 0.3) is 0 Å². The van der Waals surface area contributed by atoms with E-state index < -0.39 is 5.60 Å². The maximum absolute atomic E-state index is 10.2. The number of rotatable bonds is 6. The van der Waals surface area contributed by atoms with Crippen molar-refractivity contribution in [3.63, 3.8) is 0 Å². The summed E-state index contributed by atoms with van der Waals surface area (Å²) in [6.07, 6.45) is 8.20. The van der Waals surface area contributed by atoms with Gasteiger partial charge in [-0.3, -0.25) is 4.98 Å². The molecule has 0 radical (unpaired) electrons. The van der Waals surface area contributed by atoms with Gasteiger partial charge in [-0.2, -0.15) is 0 Å². The van der Waals surface area contributed by atoms with Crippen molar-refractivity contribution in [2.75, 3.05) is 5.73 Å². The van der Waals surface area contributed by atoms with Gasteiger partial charge in [0.15, 0.2) is 0 Å². The Morgan fingerprint density at radius 1 is 1.44 bits per heavy atom. The lowest BCUT2D eigenvalue weighted by molar-refractivity contribution is 0.0487. The highest BCUT2D eigenvalue weighted by atomic mass is 16.3. The van der Waals surface area contributed by atoms with E-state index >= 15 is 0 Å². The molecule has 0 aliphatic carbocycles. The highest BCUT2D eigenvalue weighted by Crippen LogP contribution is 2.22. The van der Waals surface area contributed by atoms with Crippen LogP contribution in [0, 0.1) is 0 Å². The number of nitrogens with two attached hydrogens (primary N) is 1. The minimum absolute atomic E-state index is 0.580. The number of anilines is 1. The summed E-state index contributed by atoms with van der Waals surface area (Å²) in [4.78, 5) is 4.04. The minimum Gasteiger partial charge on any atom is -0.398 e. The van der Waals surface area contributed by atoms with E-state index in [1.165, 1.54) is 12.8 Å². The Labute approximate surface area is 97.7 Å². The van der Waals surface area contributed by atoms with E-state index in [-0.39, 0.29) is 0 Å². The smallest absolute Gasteiger partial charge is 0.0661 e. The van der Waals surface area contributed by atoms with Crippen molar-refractivity contribution in [2.24, 2.45) is 0 Å². The Morgan fingerprint density at radius 3 is 2.81 bits per heavy atom. The summed E-state index contributed by atoms with van der Waals surface area (Å²) in [6, 6.07) is 1.78. The Balaban J connectivity index is 2.55. The Hall–Kier alpha value is -1.09. The molecule has 3 heteroatoms. The van der Waals surface area contributed by atoms with Crippen LogP contribution in [0.25, 0.3) is 0 Å². The van der Waals surface area contributed by atoms with Gasteiger partial charge in [0.05, 0.1) is 5.60 Å². The molecule has 1 rings (SSSR count).